The first-order valence-corrected chi connectivity index (χ1v) is 28.3. The molecule has 0 aliphatic heterocycles. The normalized spacial score (nSPS) is 14.8. The van der Waals surface area contributed by atoms with Crippen LogP contribution in [0.1, 0.15) is 96.8 Å². The van der Waals surface area contributed by atoms with Crippen molar-refractivity contribution in [3.8, 4) is 0 Å². The second-order valence-electron chi connectivity index (χ2n) is 9.31. The minimum Gasteiger partial charge on any atom is -0.465 e. The average molecular weight is 511 g/mol. The molecule has 0 amide bonds. The summed E-state index contributed by atoms with van der Waals surface area (Å²) in [6.45, 7) is 11.7. The van der Waals surface area contributed by atoms with E-state index in [0.29, 0.717) is 0 Å². The Morgan fingerprint density at radius 1 is 0.724 bits per heavy atom. The van der Waals surface area contributed by atoms with E-state index in [0.717, 1.165) is 0 Å². The van der Waals surface area contributed by atoms with Gasteiger partial charge in [0.2, 0.25) is 0 Å². The Morgan fingerprint density at radius 2 is 1.21 bits per heavy atom. The summed E-state index contributed by atoms with van der Waals surface area (Å²) >= 11 is 0. The SMILES string of the molecule is CCCCCCCCCCCCCCCC[SiH](C)O[SiH2][SiH2]O[Si](C)(C)[SiH2]O[SiH2]C. The van der Waals surface area contributed by atoms with Crippen molar-refractivity contribution in [1.82, 2.24) is 0 Å². The van der Waals surface area contributed by atoms with Crippen molar-refractivity contribution in [2.24, 2.45) is 0 Å². The second kappa shape index (κ2) is 22.4. The van der Waals surface area contributed by atoms with E-state index in [1.165, 1.54) is 95.9 Å². The molecule has 176 valence electrons. The number of hydrogen-bond acceptors (Lipinski definition) is 3. The lowest BCUT2D eigenvalue weighted by atomic mass is 10.0. The lowest BCUT2D eigenvalue weighted by Crippen LogP contribution is -2.43. The Hall–Kier alpha value is 1.18. The summed E-state index contributed by atoms with van der Waals surface area (Å²) in [6.07, 6.45) is 20.3. The molecule has 0 radical (unpaired) electrons. The van der Waals surface area contributed by atoms with E-state index in [4.69, 9.17) is 12.3 Å². The summed E-state index contributed by atoms with van der Waals surface area (Å²) in [5, 5.41) is 0. The van der Waals surface area contributed by atoms with Crippen LogP contribution in [0.3, 0.4) is 0 Å². The van der Waals surface area contributed by atoms with Crippen LogP contribution in [-0.2, 0) is 12.3 Å². The maximum atomic E-state index is 6.30. The van der Waals surface area contributed by atoms with E-state index >= 15 is 0 Å². The molecule has 29 heavy (non-hydrogen) atoms. The monoisotopic (exact) mass is 510 g/mol. The summed E-state index contributed by atoms with van der Waals surface area (Å²) in [7, 11) is -3.47. The second-order valence-corrected chi connectivity index (χ2v) is 29.3. The van der Waals surface area contributed by atoms with Gasteiger partial charge in [0.05, 0.1) is 0 Å². The smallest absolute Gasteiger partial charge is 0.183 e. The molecule has 0 N–H and O–H groups in total. The van der Waals surface area contributed by atoms with Crippen LogP contribution in [-0.4, -0.2) is 54.5 Å². The van der Waals surface area contributed by atoms with Gasteiger partial charge in [-0.05, 0) is 25.7 Å². The fourth-order valence-corrected chi connectivity index (χ4v) is 34.0. The predicted molar refractivity (Wildman–Crippen MR) is 149 cm³/mol. The predicted octanol–water partition coefficient (Wildman–Crippen LogP) is 3.87. The minimum atomic E-state index is -1.38. The van der Waals surface area contributed by atoms with E-state index in [1.807, 2.05) is 0 Å². The highest BCUT2D eigenvalue weighted by Gasteiger charge is 2.22. The van der Waals surface area contributed by atoms with Crippen LogP contribution in [0.5, 0.6) is 0 Å². The van der Waals surface area contributed by atoms with Crippen LogP contribution >= 0.6 is 0 Å². The standard InChI is InChI=1S/C20H54O3Si6/c1-6-7-8-9-10-11-12-13-14-15-16-17-18-19-20-28(3)22-25-26-23-29(4,5)27-21-24-2/h28H,6-20,24-27H2,1-5H3. The fraction of sp³-hybridized carbons (Fsp3) is 1.00. The molecule has 0 aromatic rings. The van der Waals surface area contributed by atoms with Crippen molar-refractivity contribution < 1.29 is 12.3 Å². The summed E-state index contributed by atoms with van der Waals surface area (Å²) in [5.41, 5.74) is 0. The number of unbranched alkanes of at least 4 members (excludes halogenated alkanes) is 13. The molecule has 0 rings (SSSR count). The lowest BCUT2D eigenvalue weighted by molar-refractivity contribution is 0.536. The van der Waals surface area contributed by atoms with Crippen LogP contribution in [0.4, 0.5) is 0 Å². The van der Waals surface area contributed by atoms with Crippen LogP contribution in [0, 0.1) is 0 Å². The molecular weight excluding hydrogens is 457 g/mol. The van der Waals surface area contributed by atoms with Crippen molar-refractivity contribution in [2.75, 3.05) is 0 Å². The van der Waals surface area contributed by atoms with E-state index in [-0.39, 0.29) is 37.6 Å². The van der Waals surface area contributed by atoms with Crippen molar-refractivity contribution in [1.29, 1.82) is 0 Å². The minimum absolute atomic E-state index is 0.215. The Kier molecular flexibility index (Phi) is 23.3. The Labute approximate surface area is 195 Å². The van der Waals surface area contributed by atoms with Gasteiger partial charge >= 0.3 is 0 Å². The summed E-state index contributed by atoms with van der Waals surface area (Å²) < 4.78 is 18.4. The van der Waals surface area contributed by atoms with E-state index in [9.17, 15) is 0 Å². The third-order valence-electron chi connectivity index (χ3n) is 5.60. The summed E-state index contributed by atoms with van der Waals surface area (Å²) in [6, 6.07) is 1.39. The Balaban J connectivity index is 3.28. The average Bonchev–Trinajstić information content (AvgIpc) is 2.70. The highest BCUT2D eigenvalue weighted by Crippen LogP contribution is 2.14. The first-order chi connectivity index (χ1) is 14.0. The maximum Gasteiger partial charge on any atom is 0.183 e. The number of rotatable bonds is 23. The van der Waals surface area contributed by atoms with Crippen LogP contribution in [0.25, 0.3) is 0 Å². The molecule has 0 saturated heterocycles. The van der Waals surface area contributed by atoms with Gasteiger partial charge in [-0.15, -0.1) is 0 Å². The molecule has 0 spiro atoms. The molecule has 0 aliphatic rings. The Morgan fingerprint density at radius 3 is 1.69 bits per heavy atom. The first kappa shape index (κ1) is 30.2. The van der Waals surface area contributed by atoms with Gasteiger partial charge in [0.25, 0.3) is 0 Å². The lowest BCUT2D eigenvalue weighted by Gasteiger charge is -2.23. The third-order valence-corrected chi connectivity index (χ3v) is 27.5. The molecular formula is C20H54O3Si6. The van der Waals surface area contributed by atoms with E-state index < -0.39 is 16.9 Å². The van der Waals surface area contributed by atoms with Gasteiger partial charge in [-0.1, -0.05) is 103 Å². The molecule has 0 bridgehead atoms. The molecule has 0 saturated carbocycles. The summed E-state index contributed by atoms with van der Waals surface area (Å²) in [5.74, 6) is 0. The largest absolute Gasteiger partial charge is 0.465 e. The highest BCUT2D eigenvalue weighted by atomic mass is 29.2. The summed E-state index contributed by atoms with van der Waals surface area (Å²) in [4.78, 5) is 0. The first-order valence-electron chi connectivity index (χ1n) is 12.8. The van der Waals surface area contributed by atoms with Crippen molar-refractivity contribution in [3.05, 3.63) is 0 Å². The van der Waals surface area contributed by atoms with Gasteiger partial charge in [-0.3, -0.25) is 0 Å². The molecule has 3 nitrogen and oxygen atoms in total. The quantitative estimate of drug-likeness (QED) is 0.154. The van der Waals surface area contributed by atoms with Crippen molar-refractivity contribution in [2.45, 2.75) is 129 Å². The molecule has 0 aromatic carbocycles. The van der Waals surface area contributed by atoms with E-state index in [1.54, 1.807) is 0 Å². The zero-order valence-corrected chi connectivity index (χ0v) is 28.5. The molecule has 0 heterocycles. The molecule has 1 unspecified atom stereocenters. The molecule has 1 atom stereocenters. The number of hydrogen-bond donors (Lipinski definition) is 0. The highest BCUT2D eigenvalue weighted by molar-refractivity contribution is 7.21. The van der Waals surface area contributed by atoms with Gasteiger partial charge in [-0.25, -0.2) is 0 Å². The third kappa shape index (κ3) is 23.7. The molecule has 0 fully saturated rings. The van der Waals surface area contributed by atoms with Crippen LogP contribution in [0.2, 0.25) is 32.2 Å². The van der Waals surface area contributed by atoms with Gasteiger partial charge in [0.1, 0.15) is 9.76 Å². The zero-order chi connectivity index (χ0) is 21.6. The topological polar surface area (TPSA) is 27.7 Å². The van der Waals surface area contributed by atoms with Crippen molar-refractivity contribution in [3.63, 3.8) is 0 Å². The van der Waals surface area contributed by atoms with Gasteiger partial charge in [0.15, 0.2) is 44.7 Å². The van der Waals surface area contributed by atoms with Gasteiger partial charge in [0, 0.05) is 0 Å². The maximum absolute atomic E-state index is 6.30. The molecule has 0 aliphatic carbocycles. The van der Waals surface area contributed by atoms with Crippen LogP contribution < -0.4 is 0 Å². The van der Waals surface area contributed by atoms with Crippen LogP contribution in [0.15, 0.2) is 0 Å². The molecule has 9 heteroatoms. The molecule has 0 aromatic heterocycles. The van der Waals surface area contributed by atoms with Gasteiger partial charge in [-0.2, -0.15) is 0 Å². The fourth-order valence-electron chi connectivity index (χ4n) is 3.67. The zero-order valence-electron chi connectivity index (χ0n) is 20.7. The van der Waals surface area contributed by atoms with Crippen molar-refractivity contribution >= 4 is 54.5 Å². The van der Waals surface area contributed by atoms with Gasteiger partial charge < -0.3 is 12.3 Å². The van der Waals surface area contributed by atoms with E-state index in [2.05, 4.69) is 33.1 Å². The Bertz CT molecular complexity index is 337.